The van der Waals surface area contributed by atoms with E-state index in [-0.39, 0.29) is 24.1 Å². The highest BCUT2D eigenvalue weighted by Crippen LogP contribution is 2.37. The van der Waals surface area contributed by atoms with Crippen LogP contribution in [0.1, 0.15) is 46.5 Å². The highest BCUT2D eigenvalue weighted by atomic mass is 19.4. The zero-order valence-corrected chi connectivity index (χ0v) is 11.7. The van der Waals surface area contributed by atoms with Crippen LogP contribution in [-0.4, -0.2) is 29.0 Å². The molecule has 1 aliphatic carbocycles. The molecule has 2 amide bonds. The first kappa shape index (κ1) is 16.3. The SMILES string of the molecule is NC(=O)c1ccc(C(=O)NC2CCCC(C(F)(F)F)C2)nc1. The fourth-order valence-corrected chi connectivity index (χ4v) is 2.55. The third kappa shape index (κ3) is 3.96. The van der Waals surface area contributed by atoms with Crippen molar-refractivity contribution in [3.8, 4) is 0 Å². The van der Waals surface area contributed by atoms with E-state index in [4.69, 9.17) is 5.73 Å². The fourth-order valence-electron chi connectivity index (χ4n) is 2.55. The molecule has 8 heteroatoms. The van der Waals surface area contributed by atoms with Crippen molar-refractivity contribution < 1.29 is 22.8 Å². The number of rotatable bonds is 3. The number of carbonyl (C=O) groups is 2. The van der Waals surface area contributed by atoms with Crippen LogP contribution in [0.15, 0.2) is 18.3 Å². The molecule has 1 fully saturated rings. The molecule has 1 saturated carbocycles. The van der Waals surface area contributed by atoms with Crippen molar-refractivity contribution in [1.82, 2.24) is 10.3 Å². The molecular weight excluding hydrogens is 299 g/mol. The van der Waals surface area contributed by atoms with Crippen LogP contribution in [0, 0.1) is 5.92 Å². The van der Waals surface area contributed by atoms with E-state index < -0.39 is 30.0 Å². The molecule has 2 unspecified atom stereocenters. The topological polar surface area (TPSA) is 85.1 Å². The van der Waals surface area contributed by atoms with Crippen LogP contribution in [-0.2, 0) is 0 Å². The van der Waals surface area contributed by atoms with E-state index in [1.54, 1.807) is 0 Å². The lowest BCUT2D eigenvalue weighted by Crippen LogP contribution is -2.41. The summed E-state index contributed by atoms with van der Waals surface area (Å²) >= 11 is 0. The Morgan fingerprint density at radius 1 is 1.27 bits per heavy atom. The molecule has 0 saturated heterocycles. The number of primary amides is 1. The average Bonchev–Trinajstić information content (AvgIpc) is 2.46. The lowest BCUT2D eigenvalue weighted by atomic mass is 9.85. The molecule has 0 spiro atoms. The minimum atomic E-state index is -4.23. The summed E-state index contributed by atoms with van der Waals surface area (Å²) in [5.74, 6) is -2.60. The number of hydrogen-bond acceptors (Lipinski definition) is 3. The summed E-state index contributed by atoms with van der Waals surface area (Å²) in [5.41, 5.74) is 5.26. The number of carbonyl (C=O) groups excluding carboxylic acids is 2. The predicted molar refractivity (Wildman–Crippen MR) is 72.0 cm³/mol. The maximum atomic E-state index is 12.7. The molecule has 1 aromatic heterocycles. The second-order valence-corrected chi connectivity index (χ2v) is 5.37. The summed E-state index contributed by atoms with van der Waals surface area (Å²) in [6, 6.07) is 2.15. The standard InChI is InChI=1S/C14H16F3N3O2/c15-14(16,17)9-2-1-3-10(6-9)20-13(22)11-5-4-8(7-19-11)12(18)21/h4-5,7,9-10H,1-3,6H2,(H2,18,21)(H,20,22). The highest BCUT2D eigenvalue weighted by molar-refractivity contribution is 5.95. The van der Waals surface area contributed by atoms with Crippen LogP contribution in [0.4, 0.5) is 13.2 Å². The minimum absolute atomic E-state index is 0.0409. The zero-order valence-electron chi connectivity index (χ0n) is 11.7. The zero-order chi connectivity index (χ0) is 16.3. The molecule has 1 heterocycles. The summed E-state index contributed by atoms with van der Waals surface area (Å²) < 4.78 is 38.2. The molecule has 5 nitrogen and oxygen atoms in total. The normalized spacial score (nSPS) is 22.1. The third-order valence-electron chi connectivity index (χ3n) is 3.75. The van der Waals surface area contributed by atoms with Gasteiger partial charge in [-0.1, -0.05) is 6.42 Å². The Hall–Kier alpha value is -2.12. The van der Waals surface area contributed by atoms with Crippen molar-refractivity contribution in [1.29, 1.82) is 0 Å². The Bertz CT molecular complexity index is 557. The summed E-state index contributed by atoms with van der Waals surface area (Å²) in [5, 5.41) is 2.57. The number of amides is 2. The smallest absolute Gasteiger partial charge is 0.366 e. The number of hydrogen-bond donors (Lipinski definition) is 2. The van der Waals surface area contributed by atoms with Crippen molar-refractivity contribution in [3.05, 3.63) is 29.6 Å². The number of pyridine rings is 1. The third-order valence-corrected chi connectivity index (χ3v) is 3.75. The number of aromatic nitrogens is 1. The van der Waals surface area contributed by atoms with Gasteiger partial charge in [-0.3, -0.25) is 14.6 Å². The van der Waals surface area contributed by atoms with Gasteiger partial charge in [0, 0.05) is 12.2 Å². The molecule has 2 atom stereocenters. The first-order chi connectivity index (χ1) is 10.3. The summed E-state index contributed by atoms with van der Waals surface area (Å²) in [4.78, 5) is 26.7. The van der Waals surface area contributed by atoms with E-state index >= 15 is 0 Å². The first-order valence-electron chi connectivity index (χ1n) is 6.91. The Kier molecular flexibility index (Phi) is 4.68. The van der Waals surface area contributed by atoms with Crippen molar-refractivity contribution in [3.63, 3.8) is 0 Å². The fraction of sp³-hybridized carbons (Fsp3) is 0.500. The molecule has 120 valence electrons. The van der Waals surface area contributed by atoms with E-state index in [0.717, 1.165) is 6.20 Å². The minimum Gasteiger partial charge on any atom is -0.366 e. The van der Waals surface area contributed by atoms with Gasteiger partial charge < -0.3 is 11.1 Å². The van der Waals surface area contributed by atoms with Gasteiger partial charge in [0.25, 0.3) is 5.91 Å². The van der Waals surface area contributed by atoms with Crippen molar-refractivity contribution in [2.45, 2.75) is 37.9 Å². The van der Waals surface area contributed by atoms with Crippen molar-refractivity contribution >= 4 is 11.8 Å². The molecular formula is C14H16F3N3O2. The van der Waals surface area contributed by atoms with Gasteiger partial charge in [-0.2, -0.15) is 13.2 Å². The summed E-state index contributed by atoms with van der Waals surface area (Å²) in [6.07, 6.45) is -2.15. The monoisotopic (exact) mass is 315 g/mol. The molecule has 3 N–H and O–H groups in total. The predicted octanol–water partition coefficient (Wildman–Crippen LogP) is 2.03. The van der Waals surface area contributed by atoms with E-state index in [2.05, 4.69) is 10.3 Å². The maximum absolute atomic E-state index is 12.7. The Balaban J connectivity index is 1.98. The quantitative estimate of drug-likeness (QED) is 0.895. The Morgan fingerprint density at radius 2 is 2.00 bits per heavy atom. The Morgan fingerprint density at radius 3 is 2.55 bits per heavy atom. The van der Waals surface area contributed by atoms with Crippen LogP contribution in [0.2, 0.25) is 0 Å². The van der Waals surface area contributed by atoms with E-state index in [0.29, 0.717) is 12.8 Å². The highest BCUT2D eigenvalue weighted by Gasteiger charge is 2.42. The van der Waals surface area contributed by atoms with Crippen LogP contribution in [0.5, 0.6) is 0 Å². The Labute approximate surface area is 125 Å². The summed E-state index contributed by atoms with van der Waals surface area (Å²) in [7, 11) is 0. The van der Waals surface area contributed by atoms with Gasteiger partial charge in [-0.15, -0.1) is 0 Å². The molecule has 2 rings (SSSR count). The largest absolute Gasteiger partial charge is 0.391 e. The molecule has 22 heavy (non-hydrogen) atoms. The van der Waals surface area contributed by atoms with Crippen LogP contribution in [0.25, 0.3) is 0 Å². The number of nitrogens with zero attached hydrogens (tertiary/aromatic N) is 1. The number of nitrogens with one attached hydrogen (secondary N) is 1. The van der Waals surface area contributed by atoms with Gasteiger partial charge in [0.2, 0.25) is 5.91 Å². The summed E-state index contributed by atoms with van der Waals surface area (Å²) in [6.45, 7) is 0. The molecule has 0 aromatic carbocycles. The lowest BCUT2D eigenvalue weighted by Gasteiger charge is -2.30. The van der Waals surface area contributed by atoms with Crippen molar-refractivity contribution in [2.75, 3.05) is 0 Å². The second-order valence-electron chi connectivity index (χ2n) is 5.37. The maximum Gasteiger partial charge on any atom is 0.391 e. The van der Waals surface area contributed by atoms with Gasteiger partial charge in [-0.25, -0.2) is 0 Å². The van der Waals surface area contributed by atoms with Gasteiger partial charge in [0.05, 0.1) is 11.5 Å². The van der Waals surface area contributed by atoms with Gasteiger partial charge in [0.15, 0.2) is 0 Å². The molecule has 1 aliphatic rings. The second kappa shape index (κ2) is 6.33. The van der Waals surface area contributed by atoms with Crippen LogP contribution < -0.4 is 11.1 Å². The number of alkyl halides is 3. The van der Waals surface area contributed by atoms with Gasteiger partial charge in [0.1, 0.15) is 5.69 Å². The van der Waals surface area contributed by atoms with Gasteiger partial charge in [-0.05, 0) is 31.4 Å². The first-order valence-corrected chi connectivity index (χ1v) is 6.91. The van der Waals surface area contributed by atoms with E-state index in [1.807, 2.05) is 0 Å². The van der Waals surface area contributed by atoms with Crippen LogP contribution >= 0.6 is 0 Å². The average molecular weight is 315 g/mol. The van der Waals surface area contributed by atoms with E-state index in [1.165, 1.54) is 12.1 Å². The lowest BCUT2D eigenvalue weighted by molar-refractivity contribution is -0.183. The molecule has 0 radical (unpaired) electrons. The number of halogens is 3. The number of nitrogens with two attached hydrogens (primary N) is 1. The van der Waals surface area contributed by atoms with Crippen molar-refractivity contribution in [2.24, 2.45) is 11.7 Å². The molecule has 0 aliphatic heterocycles. The van der Waals surface area contributed by atoms with E-state index in [9.17, 15) is 22.8 Å². The molecule has 0 bridgehead atoms. The van der Waals surface area contributed by atoms with Crippen LogP contribution in [0.3, 0.4) is 0 Å². The molecule has 1 aromatic rings. The van der Waals surface area contributed by atoms with Gasteiger partial charge >= 0.3 is 6.18 Å².